The fourth-order valence-corrected chi connectivity index (χ4v) is 5.79. The first-order chi connectivity index (χ1) is 11.5. The molecule has 2 bridgehead atoms. The van der Waals surface area contributed by atoms with E-state index in [1.165, 1.54) is 23.1 Å². The first kappa shape index (κ1) is 17.8. The zero-order chi connectivity index (χ0) is 18.6. The molecule has 1 saturated heterocycles. The minimum Gasteiger partial charge on any atom is -0.508 e. The van der Waals surface area contributed by atoms with Crippen molar-refractivity contribution >= 4 is 15.9 Å². The molecule has 0 spiro atoms. The third-order valence-electron chi connectivity index (χ3n) is 4.72. The van der Waals surface area contributed by atoms with Gasteiger partial charge in [-0.3, -0.25) is 4.90 Å². The van der Waals surface area contributed by atoms with Gasteiger partial charge in [0.15, 0.2) is 4.87 Å². The third-order valence-corrected chi connectivity index (χ3v) is 7.21. The lowest BCUT2D eigenvalue weighted by Gasteiger charge is -2.35. The Labute approximate surface area is 148 Å². The van der Waals surface area contributed by atoms with Gasteiger partial charge in [0, 0.05) is 5.56 Å². The number of nitrogens with zero attached hydrogens (tertiary/aromatic N) is 1. The van der Waals surface area contributed by atoms with Gasteiger partial charge in [-0.25, -0.2) is 13.2 Å². The maximum Gasteiger partial charge on any atom is 0.412 e. The largest absolute Gasteiger partial charge is 0.508 e. The fraction of sp³-hybridized carbons (Fsp3) is 0.500. The highest BCUT2D eigenvalue weighted by atomic mass is 32.2. The predicted molar refractivity (Wildman–Crippen MR) is 93.0 cm³/mol. The summed E-state index contributed by atoms with van der Waals surface area (Å²) in [6.07, 6.45) is 3.58. The molecule has 1 amide bonds. The number of phenols is 1. The second-order valence-corrected chi connectivity index (χ2v) is 9.72. The van der Waals surface area contributed by atoms with Crippen molar-refractivity contribution in [3.63, 3.8) is 0 Å². The highest BCUT2D eigenvalue weighted by molar-refractivity contribution is 7.93. The Morgan fingerprint density at radius 1 is 1.36 bits per heavy atom. The summed E-state index contributed by atoms with van der Waals surface area (Å²) < 4.78 is 32.4. The molecule has 1 aromatic carbocycles. The molecular weight excluding hydrogens is 342 g/mol. The van der Waals surface area contributed by atoms with Crippen molar-refractivity contribution in [2.75, 3.05) is 0 Å². The maximum atomic E-state index is 13.5. The molecule has 7 heteroatoms. The standard InChI is InChI=1S/C18H23NO5S/c1-12-14(20)6-5-7-15(12)25(22,23)18-10-8-13(9-11-18)19(18)16(21)24-17(2,3)4/h5-8,10,13,20H,9,11H2,1-4H3. The molecule has 136 valence electrons. The van der Waals surface area contributed by atoms with Crippen LogP contribution in [0.25, 0.3) is 0 Å². The first-order valence-electron chi connectivity index (χ1n) is 8.24. The molecule has 2 aliphatic rings. The van der Waals surface area contributed by atoms with Crippen LogP contribution in [0.15, 0.2) is 35.2 Å². The lowest BCUT2D eigenvalue weighted by atomic mass is 10.1. The number of ether oxygens (including phenoxy) is 1. The number of amides is 1. The molecule has 0 saturated carbocycles. The average Bonchev–Trinajstić information content (AvgIpc) is 3.05. The van der Waals surface area contributed by atoms with Crippen molar-refractivity contribution in [2.24, 2.45) is 0 Å². The second kappa shape index (κ2) is 5.49. The van der Waals surface area contributed by atoms with Gasteiger partial charge in [-0.1, -0.05) is 12.1 Å². The molecule has 1 N–H and O–H groups in total. The van der Waals surface area contributed by atoms with Crippen LogP contribution in [0.2, 0.25) is 0 Å². The number of aromatic hydroxyl groups is 1. The van der Waals surface area contributed by atoms with Gasteiger partial charge in [-0.05, 0) is 58.7 Å². The molecule has 2 atom stereocenters. The van der Waals surface area contributed by atoms with E-state index in [9.17, 15) is 18.3 Å². The van der Waals surface area contributed by atoms with Crippen LogP contribution in [-0.2, 0) is 14.6 Å². The topological polar surface area (TPSA) is 83.9 Å². The number of benzene rings is 1. The zero-order valence-electron chi connectivity index (χ0n) is 14.8. The Kier molecular flexibility index (Phi) is 3.91. The molecule has 0 radical (unpaired) electrons. The van der Waals surface area contributed by atoms with Gasteiger partial charge in [0.2, 0.25) is 9.84 Å². The van der Waals surface area contributed by atoms with Crippen LogP contribution in [0.5, 0.6) is 5.75 Å². The van der Waals surface area contributed by atoms with Crippen LogP contribution in [0.3, 0.4) is 0 Å². The van der Waals surface area contributed by atoms with E-state index in [0.29, 0.717) is 12.8 Å². The van der Waals surface area contributed by atoms with E-state index in [0.717, 1.165) is 0 Å². The lowest BCUT2D eigenvalue weighted by Crippen LogP contribution is -2.52. The minimum atomic E-state index is -3.93. The summed E-state index contributed by atoms with van der Waals surface area (Å²) in [5, 5.41) is 9.91. The van der Waals surface area contributed by atoms with Crippen molar-refractivity contribution in [2.45, 2.75) is 61.9 Å². The predicted octanol–water partition coefficient (Wildman–Crippen LogP) is 3.14. The Balaban J connectivity index is 2.09. The zero-order valence-corrected chi connectivity index (χ0v) is 15.6. The molecule has 2 unspecified atom stereocenters. The molecule has 6 nitrogen and oxygen atoms in total. The van der Waals surface area contributed by atoms with E-state index in [2.05, 4.69) is 0 Å². The Bertz CT molecular complexity index is 853. The molecule has 3 rings (SSSR count). The second-order valence-electron chi connectivity index (χ2n) is 7.56. The van der Waals surface area contributed by atoms with Crippen LogP contribution in [-0.4, -0.2) is 41.0 Å². The Morgan fingerprint density at radius 3 is 2.60 bits per heavy atom. The monoisotopic (exact) mass is 365 g/mol. The summed E-state index contributed by atoms with van der Waals surface area (Å²) in [7, 11) is -3.93. The van der Waals surface area contributed by atoms with E-state index in [1.54, 1.807) is 39.8 Å². The minimum absolute atomic E-state index is 0.0354. The van der Waals surface area contributed by atoms with E-state index < -0.39 is 26.4 Å². The van der Waals surface area contributed by atoms with E-state index in [1.807, 2.05) is 0 Å². The Morgan fingerprint density at radius 2 is 2.04 bits per heavy atom. The van der Waals surface area contributed by atoms with Crippen LogP contribution >= 0.6 is 0 Å². The fourth-order valence-electron chi connectivity index (χ4n) is 3.53. The van der Waals surface area contributed by atoms with Gasteiger partial charge in [0.05, 0.1) is 10.9 Å². The number of hydrogen-bond donors (Lipinski definition) is 1. The van der Waals surface area contributed by atoms with E-state index >= 15 is 0 Å². The lowest BCUT2D eigenvalue weighted by molar-refractivity contribution is 0.0200. The number of fused-ring (bicyclic) bond motifs is 2. The molecular formula is C18H23NO5S. The van der Waals surface area contributed by atoms with Gasteiger partial charge < -0.3 is 9.84 Å². The number of carbonyl (C=O) groups excluding carboxylic acids is 1. The molecule has 1 aromatic rings. The maximum absolute atomic E-state index is 13.5. The quantitative estimate of drug-likeness (QED) is 0.814. The third kappa shape index (κ3) is 2.61. The highest BCUT2D eigenvalue weighted by Gasteiger charge is 2.60. The number of phenolic OH excluding ortho intramolecular Hbond substituents is 1. The SMILES string of the molecule is Cc1c(O)cccc1S(=O)(=O)C12C=CC(CC1)N2C(=O)OC(C)(C)C. The van der Waals surface area contributed by atoms with E-state index in [-0.39, 0.29) is 22.3 Å². The van der Waals surface area contributed by atoms with E-state index in [4.69, 9.17) is 4.74 Å². The summed E-state index contributed by atoms with van der Waals surface area (Å²) in [6, 6.07) is 4.11. The van der Waals surface area contributed by atoms with Gasteiger partial charge in [0.1, 0.15) is 11.4 Å². The van der Waals surface area contributed by atoms with Crippen LogP contribution < -0.4 is 0 Å². The number of sulfone groups is 1. The van der Waals surface area contributed by atoms with Gasteiger partial charge in [-0.15, -0.1) is 0 Å². The summed E-state index contributed by atoms with van der Waals surface area (Å²) in [5.41, 5.74) is -0.435. The smallest absolute Gasteiger partial charge is 0.412 e. The molecule has 0 aromatic heterocycles. The highest BCUT2D eigenvalue weighted by Crippen LogP contribution is 2.49. The normalized spacial score (nSPS) is 25.4. The number of carbonyl (C=O) groups is 1. The van der Waals surface area contributed by atoms with Gasteiger partial charge >= 0.3 is 6.09 Å². The average molecular weight is 365 g/mol. The van der Waals surface area contributed by atoms with Crippen molar-refractivity contribution in [1.29, 1.82) is 0 Å². The first-order valence-corrected chi connectivity index (χ1v) is 9.73. The van der Waals surface area contributed by atoms with Crippen molar-refractivity contribution in [3.05, 3.63) is 35.9 Å². The summed E-state index contributed by atoms with van der Waals surface area (Å²) >= 11 is 0. The number of hydrogen-bond acceptors (Lipinski definition) is 5. The van der Waals surface area contributed by atoms with Crippen molar-refractivity contribution < 1.29 is 23.1 Å². The molecule has 2 heterocycles. The van der Waals surface area contributed by atoms with Crippen LogP contribution in [0.4, 0.5) is 4.79 Å². The van der Waals surface area contributed by atoms with Crippen molar-refractivity contribution in [3.8, 4) is 5.75 Å². The molecule has 25 heavy (non-hydrogen) atoms. The van der Waals surface area contributed by atoms with Crippen LogP contribution in [0, 0.1) is 6.92 Å². The van der Waals surface area contributed by atoms with Gasteiger partial charge in [0.25, 0.3) is 0 Å². The van der Waals surface area contributed by atoms with Crippen LogP contribution in [0.1, 0.15) is 39.2 Å². The number of rotatable bonds is 2. The van der Waals surface area contributed by atoms with Gasteiger partial charge in [-0.2, -0.15) is 0 Å². The Hall–Kier alpha value is -2.02. The van der Waals surface area contributed by atoms with Crippen molar-refractivity contribution in [1.82, 2.24) is 4.90 Å². The summed E-state index contributed by atoms with van der Waals surface area (Å²) in [4.78, 5) is 12.6. The molecule has 0 aliphatic carbocycles. The summed E-state index contributed by atoms with van der Waals surface area (Å²) in [5.74, 6) is -0.0854. The summed E-state index contributed by atoms with van der Waals surface area (Å²) in [6.45, 7) is 6.80. The molecule has 2 aliphatic heterocycles. The molecule has 1 fully saturated rings.